The maximum Gasteiger partial charge on any atom is 0.243 e. The Kier molecular flexibility index (Phi) is 8.12. The van der Waals surface area contributed by atoms with Gasteiger partial charge in [0.05, 0.1) is 18.5 Å². The van der Waals surface area contributed by atoms with E-state index in [0.717, 1.165) is 0 Å². The molecular weight excluding hydrogens is 280 g/mol. The second-order valence-electron chi connectivity index (χ2n) is 3.50. The van der Waals surface area contributed by atoms with Gasteiger partial charge in [-0.25, -0.2) is 13.1 Å². The molecular formula is C9H19ClN4O3S. The molecule has 0 aromatic carbocycles. The maximum atomic E-state index is 11.8. The largest absolute Gasteiger partial charge is 0.383 e. The van der Waals surface area contributed by atoms with Gasteiger partial charge in [-0.2, -0.15) is 5.10 Å². The molecule has 1 aromatic rings. The van der Waals surface area contributed by atoms with Crippen LogP contribution in [0.25, 0.3) is 0 Å². The van der Waals surface area contributed by atoms with E-state index < -0.39 is 10.0 Å². The number of halogens is 1. The fourth-order valence-electron chi connectivity index (χ4n) is 1.26. The summed E-state index contributed by atoms with van der Waals surface area (Å²) in [6.07, 6.45) is 1.30. The summed E-state index contributed by atoms with van der Waals surface area (Å²) in [4.78, 5) is 0.189. The molecule has 1 aromatic heterocycles. The molecule has 7 nitrogen and oxygen atoms in total. The van der Waals surface area contributed by atoms with Gasteiger partial charge in [0.1, 0.15) is 4.90 Å². The first-order chi connectivity index (χ1) is 8.08. The van der Waals surface area contributed by atoms with Crippen LogP contribution in [0.1, 0.15) is 5.69 Å². The highest BCUT2D eigenvalue weighted by Crippen LogP contribution is 2.09. The van der Waals surface area contributed by atoms with E-state index in [0.29, 0.717) is 31.9 Å². The first kappa shape index (κ1) is 17.3. The van der Waals surface area contributed by atoms with Crippen molar-refractivity contribution in [2.45, 2.75) is 11.8 Å². The van der Waals surface area contributed by atoms with Crippen molar-refractivity contribution in [3.05, 3.63) is 11.9 Å². The normalized spacial score (nSPS) is 11.2. The van der Waals surface area contributed by atoms with Gasteiger partial charge in [0.25, 0.3) is 0 Å². The van der Waals surface area contributed by atoms with Crippen LogP contribution in [0, 0.1) is 6.92 Å². The van der Waals surface area contributed by atoms with Crippen molar-refractivity contribution in [1.82, 2.24) is 20.2 Å². The molecule has 0 aliphatic heterocycles. The average molecular weight is 299 g/mol. The predicted octanol–water partition coefficient (Wildman–Crippen LogP) is -0.346. The van der Waals surface area contributed by atoms with Crippen molar-refractivity contribution in [2.24, 2.45) is 0 Å². The van der Waals surface area contributed by atoms with E-state index in [-0.39, 0.29) is 17.3 Å². The zero-order chi connectivity index (χ0) is 12.7. The quantitative estimate of drug-likeness (QED) is 0.570. The maximum absolute atomic E-state index is 11.8. The molecule has 0 saturated heterocycles. The summed E-state index contributed by atoms with van der Waals surface area (Å²) in [5.74, 6) is 0. The van der Waals surface area contributed by atoms with E-state index in [9.17, 15) is 8.42 Å². The van der Waals surface area contributed by atoms with E-state index in [1.807, 2.05) is 0 Å². The lowest BCUT2D eigenvalue weighted by atomic mass is 10.5. The molecule has 0 fully saturated rings. The van der Waals surface area contributed by atoms with Crippen LogP contribution >= 0.6 is 12.4 Å². The Labute approximate surface area is 113 Å². The lowest BCUT2D eigenvalue weighted by Crippen LogP contribution is -2.33. The molecule has 0 aliphatic carbocycles. The number of aromatic nitrogens is 2. The zero-order valence-corrected chi connectivity index (χ0v) is 12.0. The smallest absolute Gasteiger partial charge is 0.243 e. The van der Waals surface area contributed by atoms with Gasteiger partial charge in [0, 0.05) is 26.7 Å². The third-order valence-corrected chi connectivity index (χ3v) is 3.72. The van der Waals surface area contributed by atoms with Crippen molar-refractivity contribution in [1.29, 1.82) is 0 Å². The molecule has 0 bridgehead atoms. The van der Waals surface area contributed by atoms with Gasteiger partial charge in [0.15, 0.2) is 0 Å². The topological polar surface area (TPSA) is 96.1 Å². The molecule has 1 heterocycles. The standard InChI is InChI=1S/C9H18N4O3S.ClH/c1-8-9(7-11-13-8)17(14,15)12-4-3-10-5-6-16-2;/h7,10,12H,3-6H2,1-2H3,(H,11,13);1H. The number of H-pyrrole nitrogens is 1. The van der Waals surface area contributed by atoms with E-state index in [4.69, 9.17) is 4.74 Å². The summed E-state index contributed by atoms with van der Waals surface area (Å²) >= 11 is 0. The molecule has 9 heteroatoms. The van der Waals surface area contributed by atoms with Crippen LogP contribution in [0.2, 0.25) is 0 Å². The lowest BCUT2D eigenvalue weighted by Gasteiger charge is -2.06. The van der Waals surface area contributed by atoms with E-state index in [2.05, 4.69) is 20.2 Å². The van der Waals surface area contributed by atoms with Gasteiger partial charge < -0.3 is 10.1 Å². The van der Waals surface area contributed by atoms with Crippen LogP contribution in [0.15, 0.2) is 11.1 Å². The van der Waals surface area contributed by atoms with Gasteiger partial charge in [-0.1, -0.05) is 0 Å². The number of hydrogen-bond donors (Lipinski definition) is 3. The molecule has 0 amide bonds. The van der Waals surface area contributed by atoms with E-state index >= 15 is 0 Å². The Hall–Kier alpha value is -0.670. The first-order valence-corrected chi connectivity index (χ1v) is 6.75. The Morgan fingerprint density at radius 2 is 2.11 bits per heavy atom. The highest BCUT2D eigenvalue weighted by molar-refractivity contribution is 7.89. The minimum absolute atomic E-state index is 0. The van der Waals surface area contributed by atoms with Crippen molar-refractivity contribution in [3.8, 4) is 0 Å². The number of methoxy groups -OCH3 is 1. The molecule has 0 saturated carbocycles. The molecule has 0 atom stereocenters. The average Bonchev–Trinajstić information content (AvgIpc) is 2.70. The predicted molar refractivity (Wildman–Crippen MR) is 70.5 cm³/mol. The Bertz CT molecular complexity index is 435. The minimum atomic E-state index is -3.46. The summed E-state index contributed by atoms with van der Waals surface area (Å²) in [5, 5.41) is 9.32. The fraction of sp³-hybridized carbons (Fsp3) is 0.667. The van der Waals surface area contributed by atoms with Crippen LogP contribution < -0.4 is 10.0 Å². The summed E-state index contributed by atoms with van der Waals surface area (Å²) in [6, 6.07) is 0. The number of ether oxygens (including phenoxy) is 1. The molecule has 0 aliphatic rings. The first-order valence-electron chi connectivity index (χ1n) is 5.27. The molecule has 18 heavy (non-hydrogen) atoms. The Morgan fingerprint density at radius 3 is 2.67 bits per heavy atom. The van der Waals surface area contributed by atoms with Crippen molar-refractivity contribution in [3.63, 3.8) is 0 Å². The van der Waals surface area contributed by atoms with Crippen molar-refractivity contribution >= 4 is 22.4 Å². The lowest BCUT2D eigenvalue weighted by molar-refractivity contribution is 0.199. The number of nitrogens with zero attached hydrogens (tertiary/aromatic N) is 1. The molecule has 3 N–H and O–H groups in total. The Morgan fingerprint density at radius 1 is 1.39 bits per heavy atom. The molecule has 0 radical (unpaired) electrons. The highest BCUT2D eigenvalue weighted by Gasteiger charge is 2.17. The van der Waals surface area contributed by atoms with E-state index in [1.54, 1.807) is 14.0 Å². The van der Waals surface area contributed by atoms with Crippen molar-refractivity contribution in [2.75, 3.05) is 33.4 Å². The Balaban J connectivity index is 0.00000289. The van der Waals surface area contributed by atoms with Gasteiger partial charge in [-0.3, -0.25) is 5.10 Å². The second-order valence-corrected chi connectivity index (χ2v) is 5.24. The van der Waals surface area contributed by atoms with Gasteiger partial charge in [0.2, 0.25) is 10.0 Å². The van der Waals surface area contributed by atoms with Gasteiger partial charge in [-0.15, -0.1) is 12.4 Å². The van der Waals surface area contributed by atoms with Crippen LogP contribution in [0.3, 0.4) is 0 Å². The molecule has 106 valence electrons. The third kappa shape index (κ3) is 5.32. The van der Waals surface area contributed by atoms with E-state index in [1.165, 1.54) is 6.20 Å². The number of rotatable bonds is 8. The van der Waals surface area contributed by atoms with Crippen LogP contribution in [-0.2, 0) is 14.8 Å². The third-order valence-electron chi connectivity index (χ3n) is 2.15. The number of nitrogens with one attached hydrogen (secondary N) is 3. The van der Waals surface area contributed by atoms with Crippen LogP contribution in [0.4, 0.5) is 0 Å². The van der Waals surface area contributed by atoms with Crippen LogP contribution in [0.5, 0.6) is 0 Å². The summed E-state index contributed by atoms with van der Waals surface area (Å²) < 4.78 is 30.9. The number of aryl methyl sites for hydroxylation is 1. The minimum Gasteiger partial charge on any atom is -0.383 e. The molecule has 0 spiro atoms. The molecule has 1 rings (SSSR count). The number of hydrogen-bond acceptors (Lipinski definition) is 5. The van der Waals surface area contributed by atoms with Crippen LogP contribution in [-0.4, -0.2) is 52.0 Å². The second kappa shape index (κ2) is 8.44. The summed E-state index contributed by atoms with van der Waals surface area (Å²) in [7, 11) is -1.84. The number of sulfonamides is 1. The van der Waals surface area contributed by atoms with Gasteiger partial charge >= 0.3 is 0 Å². The highest BCUT2D eigenvalue weighted by atomic mass is 35.5. The zero-order valence-electron chi connectivity index (χ0n) is 10.4. The van der Waals surface area contributed by atoms with Gasteiger partial charge in [-0.05, 0) is 6.92 Å². The molecule has 0 unspecified atom stereocenters. The number of aromatic amines is 1. The SMILES string of the molecule is COCCNCCNS(=O)(=O)c1cn[nH]c1C.Cl. The monoisotopic (exact) mass is 298 g/mol. The fourth-order valence-corrected chi connectivity index (χ4v) is 2.43. The summed E-state index contributed by atoms with van der Waals surface area (Å²) in [6.45, 7) is 3.85. The summed E-state index contributed by atoms with van der Waals surface area (Å²) in [5.41, 5.74) is 0.532. The van der Waals surface area contributed by atoms with Crippen molar-refractivity contribution < 1.29 is 13.2 Å².